The molecule has 82 valence electrons. The molecule has 2 aromatic rings. The van der Waals surface area contributed by atoms with Gasteiger partial charge in [-0.25, -0.2) is 4.98 Å². The summed E-state index contributed by atoms with van der Waals surface area (Å²) in [5, 5.41) is 2.65. The summed E-state index contributed by atoms with van der Waals surface area (Å²) >= 11 is 0. The van der Waals surface area contributed by atoms with Crippen LogP contribution in [0.5, 0.6) is 0 Å². The maximum absolute atomic E-state index is 11.7. The number of hydrogen-bond donors (Lipinski definition) is 2. The van der Waals surface area contributed by atoms with Crippen molar-refractivity contribution in [3.63, 3.8) is 0 Å². The summed E-state index contributed by atoms with van der Waals surface area (Å²) in [6.45, 7) is 1.73. The fourth-order valence-electron chi connectivity index (χ4n) is 1.28. The molecule has 0 saturated carbocycles. The predicted molar refractivity (Wildman–Crippen MR) is 60.0 cm³/mol. The molecule has 0 aliphatic carbocycles. The molecule has 2 heterocycles. The Kier molecular flexibility index (Phi) is 2.59. The Balaban J connectivity index is 2.14. The SMILES string of the molecule is Cc1occc1C(=O)Nc1ccc(N)cn1. The van der Waals surface area contributed by atoms with Gasteiger partial charge in [-0.1, -0.05) is 0 Å². The third-order valence-electron chi connectivity index (χ3n) is 2.13. The highest BCUT2D eigenvalue weighted by atomic mass is 16.3. The van der Waals surface area contributed by atoms with Crippen molar-refractivity contribution in [1.29, 1.82) is 0 Å². The molecule has 0 unspecified atom stereocenters. The molecule has 2 rings (SSSR count). The first kappa shape index (κ1) is 10.2. The van der Waals surface area contributed by atoms with Gasteiger partial charge in [-0.05, 0) is 25.1 Å². The van der Waals surface area contributed by atoms with Gasteiger partial charge < -0.3 is 15.5 Å². The summed E-state index contributed by atoms with van der Waals surface area (Å²) in [7, 11) is 0. The molecule has 5 nitrogen and oxygen atoms in total. The normalized spacial score (nSPS) is 10.1. The fraction of sp³-hybridized carbons (Fsp3) is 0.0909. The van der Waals surface area contributed by atoms with E-state index < -0.39 is 0 Å². The van der Waals surface area contributed by atoms with Gasteiger partial charge in [-0.3, -0.25) is 4.79 Å². The smallest absolute Gasteiger partial charge is 0.260 e. The lowest BCUT2D eigenvalue weighted by molar-refractivity contribution is 0.102. The van der Waals surface area contributed by atoms with E-state index in [1.807, 2.05) is 0 Å². The van der Waals surface area contributed by atoms with Crippen LogP contribution in [0.2, 0.25) is 0 Å². The molecule has 0 radical (unpaired) electrons. The van der Waals surface area contributed by atoms with E-state index in [0.29, 0.717) is 22.8 Å². The number of nitrogens with two attached hydrogens (primary N) is 1. The average Bonchev–Trinajstić information content (AvgIpc) is 2.68. The minimum atomic E-state index is -0.247. The molecule has 16 heavy (non-hydrogen) atoms. The lowest BCUT2D eigenvalue weighted by atomic mass is 10.2. The van der Waals surface area contributed by atoms with Crippen LogP contribution in [-0.2, 0) is 0 Å². The van der Waals surface area contributed by atoms with Gasteiger partial charge in [0.15, 0.2) is 0 Å². The van der Waals surface area contributed by atoms with Gasteiger partial charge in [0.1, 0.15) is 11.6 Å². The van der Waals surface area contributed by atoms with Gasteiger partial charge in [0.25, 0.3) is 5.91 Å². The molecule has 0 aliphatic heterocycles. The largest absolute Gasteiger partial charge is 0.469 e. The molecule has 2 aromatic heterocycles. The molecule has 0 spiro atoms. The summed E-state index contributed by atoms with van der Waals surface area (Å²) in [6.07, 6.45) is 2.96. The van der Waals surface area contributed by atoms with Gasteiger partial charge in [0.2, 0.25) is 0 Å². The van der Waals surface area contributed by atoms with E-state index in [2.05, 4.69) is 10.3 Å². The third kappa shape index (κ3) is 2.03. The van der Waals surface area contributed by atoms with Crippen molar-refractivity contribution < 1.29 is 9.21 Å². The summed E-state index contributed by atoms with van der Waals surface area (Å²) in [4.78, 5) is 15.7. The second kappa shape index (κ2) is 4.06. The number of nitrogens with zero attached hydrogens (tertiary/aromatic N) is 1. The first-order valence-electron chi connectivity index (χ1n) is 4.74. The predicted octanol–water partition coefficient (Wildman–Crippen LogP) is 1.82. The van der Waals surface area contributed by atoms with Gasteiger partial charge in [0.05, 0.1) is 23.7 Å². The number of pyridine rings is 1. The zero-order valence-electron chi connectivity index (χ0n) is 8.73. The fourth-order valence-corrected chi connectivity index (χ4v) is 1.28. The highest BCUT2D eigenvalue weighted by molar-refractivity contribution is 6.04. The summed E-state index contributed by atoms with van der Waals surface area (Å²) < 4.78 is 5.04. The standard InChI is InChI=1S/C11H11N3O2/c1-7-9(4-5-16-7)11(15)14-10-3-2-8(12)6-13-10/h2-6H,12H2,1H3,(H,13,14,15). The van der Waals surface area contributed by atoms with E-state index in [1.165, 1.54) is 12.5 Å². The van der Waals surface area contributed by atoms with Gasteiger partial charge in [-0.2, -0.15) is 0 Å². The van der Waals surface area contributed by atoms with Crippen molar-refractivity contribution in [2.75, 3.05) is 11.1 Å². The van der Waals surface area contributed by atoms with E-state index in [0.717, 1.165) is 0 Å². The van der Waals surface area contributed by atoms with Gasteiger partial charge >= 0.3 is 0 Å². The van der Waals surface area contributed by atoms with Crippen LogP contribution >= 0.6 is 0 Å². The lowest BCUT2D eigenvalue weighted by Crippen LogP contribution is -2.13. The lowest BCUT2D eigenvalue weighted by Gasteiger charge is -2.03. The summed E-state index contributed by atoms with van der Waals surface area (Å²) in [5.74, 6) is 0.788. The van der Waals surface area contributed by atoms with Crippen molar-refractivity contribution >= 4 is 17.4 Å². The Morgan fingerprint density at radius 2 is 2.25 bits per heavy atom. The first-order chi connectivity index (χ1) is 7.66. The van der Waals surface area contributed by atoms with Gasteiger partial charge in [0, 0.05) is 0 Å². The van der Waals surface area contributed by atoms with Crippen molar-refractivity contribution in [2.24, 2.45) is 0 Å². The summed E-state index contributed by atoms with van der Waals surface area (Å²) in [5.41, 5.74) is 6.54. The molecule has 0 bridgehead atoms. The van der Waals surface area contributed by atoms with Crippen LogP contribution in [-0.4, -0.2) is 10.9 Å². The number of nitrogen functional groups attached to an aromatic ring is 1. The van der Waals surface area contributed by atoms with Crippen LogP contribution in [0.25, 0.3) is 0 Å². The molecule has 0 aromatic carbocycles. The topological polar surface area (TPSA) is 81.2 Å². The van der Waals surface area contributed by atoms with Gasteiger partial charge in [-0.15, -0.1) is 0 Å². The van der Waals surface area contributed by atoms with E-state index in [1.54, 1.807) is 25.1 Å². The molecular weight excluding hydrogens is 206 g/mol. The number of aromatic nitrogens is 1. The zero-order chi connectivity index (χ0) is 11.5. The number of nitrogens with one attached hydrogen (secondary N) is 1. The molecule has 0 fully saturated rings. The molecule has 5 heteroatoms. The Labute approximate surface area is 92.3 Å². The molecule has 0 aliphatic rings. The zero-order valence-corrected chi connectivity index (χ0v) is 8.73. The monoisotopic (exact) mass is 217 g/mol. The number of rotatable bonds is 2. The number of anilines is 2. The molecule has 0 atom stereocenters. The Morgan fingerprint density at radius 1 is 1.44 bits per heavy atom. The molecule has 0 saturated heterocycles. The maximum atomic E-state index is 11.7. The summed E-state index contributed by atoms with van der Waals surface area (Å²) in [6, 6.07) is 4.93. The quantitative estimate of drug-likeness (QED) is 0.803. The molecule has 3 N–H and O–H groups in total. The molecular formula is C11H11N3O2. The number of aryl methyl sites for hydroxylation is 1. The van der Waals surface area contributed by atoms with E-state index in [4.69, 9.17) is 10.2 Å². The average molecular weight is 217 g/mol. The number of amides is 1. The third-order valence-corrected chi connectivity index (χ3v) is 2.13. The van der Waals surface area contributed by atoms with E-state index in [9.17, 15) is 4.79 Å². The number of furan rings is 1. The van der Waals surface area contributed by atoms with Crippen molar-refractivity contribution in [3.8, 4) is 0 Å². The highest BCUT2D eigenvalue weighted by Crippen LogP contribution is 2.12. The number of carbonyl (C=O) groups is 1. The second-order valence-corrected chi connectivity index (χ2v) is 3.32. The Bertz CT molecular complexity index is 502. The Morgan fingerprint density at radius 3 is 2.81 bits per heavy atom. The van der Waals surface area contributed by atoms with Crippen LogP contribution in [0.1, 0.15) is 16.1 Å². The number of hydrogen-bond acceptors (Lipinski definition) is 4. The minimum Gasteiger partial charge on any atom is -0.469 e. The van der Waals surface area contributed by atoms with E-state index in [-0.39, 0.29) is 5.91 Å². The Hall–Kier alpha value is -2.30. The van der Waals surface area contributed by atoms with Crippen molar-refractivity contribution in [3.05, 3.63) is 42.0 Å². The number of carbonyl (C=O) groups excluding carboxylic acids is 1. The van der Waals surface area contributed by atoms with E-state index >= 15 is 0 Å². The second-order valence-electron chi connectivity index (χ2n) is 3.32. The van der Waals surface area contributed by atoms with Crippen LogP contribution in [0.3, 0.4) is 0 Å². The van der Waals surface area contributed by atoms with Crippen molar-refractivity contribution in [2.45, 2.75) is 6.92 Å². The van der Waals surface area contributed by atoms with Crippen LogP contribution in [0, 0.1) is 6.92 Å². The van der Waals surface area contributed by atoms with Crippen molar-refractivity contribution in [1.82, 2.24) is 4.98 Å². The minimum absolute atomic E-state index is 0.247. The van der Waals surface area contributed by atoms with Crippen LogP contribution in [0.15, 0.2) is 35.1 Å². The van der Waals surface area contributed by atoms with Crippen LogP contribution in [0.4, 0.5) is 11.5 Å². The van der Waals surface area contributed by atoms with Crippen LogP contribution < -0.4 is 11.1 Å². The maximum Gasteiger partial charge on any atom is 0.260 e. The molecule has 1 amide bonds. The first-order valence-corrected chi connectivity index (χ1v) is 4.74. The highest BCUT2D eigenvalue weighted by Gasteiger charge is 2.11.